The molecule has 3 aromatic heterocycles. The third kappa shape index (κ3) is 6.55. The van der Waals surface area contributed by atoms with E-state index in [1.54, 1.807) is 32.5 Å². The lowest BCUT2D eigenvalue weighted by atomic mass is 10.0. The molecule has 1 saturated heterocycles. The Bertz CT molecular complexity index is 2010. The summed E-state index contributed by atoms with van der Waals surface area (Å²) in [5, 5.41) is 3.22. The number of nitrogens with zero attached hydrogens (tertiary/aromatic N) is 4. The number of amides is 1. The van der Waals surface area contributed by atoms with Gasteiger partial charge in [-0.1, -0.05) is 18.2 Å². The minimum atomic E-state index is -0.381. The average Bonchev–Trinajstić information content (AvgIpc) is 3.53. The van der Waals surface area contributed by atoms with Crippen LogP contribution in [0.15, 0.2) is 91.4 Å². The highest BCUT2D eigenvalue weighted by molar-refractivity contribution is 5.97. The number of carbonyl (C=O) groups excluding carboxylic acids is 2. The van der Waals surface area contributed by atoms with Crippen LogP contribution >= 0.6 is 0 Å². The number of fused-ring (bicyclic) bond motifs is 3. The van der Waals surface area contributed by atoms with Crippen LogP contribution in [0.4, 0.5) is 0 Å². The summed E-state index contributed by atoms with van der Waals surface area (Å²) in [7, 11) is 3.28. The molecule has 4 heterocycles. The van der Waals surface area contributed by atoms with Gasteiger partial charge in [-0.3, -0.25) is 19.6 Å². The zero-order chi connectivity index (χ0) is 32.0. The Morgan fingerprint density at radius 2 is 1.54 bits per heavy atom. The van der Waals surface area contributed by atoms with E-state index in [4.69, 9.17) is 15.2 Å². The highest BCUT2D eigenvalue weighted by Gasteiger charge is 2.22. The van der Waals surface area contributed by atoms with E-state index in [9.17, 15) is 9.59 Å². The maximum Gasteiger partial charge on any atom is 0.248 e. The molecule has 0 unspecified atom stereocenters. The van der Waals surface area contributed by atoms with Crippen LogP contribution in [0.5, 0.6) is 11.5 Å². The number of likely N-dealkylation sites (tertiary alicyclic amines) is 1. The van der Waals surface area contributed by atoms with Gasteiger partial charge >= 0.3 is 0 Å². The quantitative estimate of drug-likeness (QED) is 0.202. The molecule has 1 amide bonds. The van der Waals surface area contributed by atoms with Gasteiger partial charge in [-0.05, 0) is 84.8 Å². The van der Waals surface area contributed by atoms with Gasteiger partial charge in [0.05, 0.1) is 30.8 Å². The van der Waals surface area contributed by atoms with Crippen LogP contribution in [-0.4, -0.2) is 65.5 Å². The second-order valence-corrected chi connectivity index (χ2v) is 11.5. The van der Waals surface area contributed by atoms with E-state index >= 15 is 0 Å². The highest BCUT2D eigenvalue weighted by Crippen LogP contribution is 2.30. The fourth-order valence-corrected chi connectivity index (χ4v) is 6.23. The van der Waals surface area contributed by atoms with E-state index in [1.807, 2.05) is 42.6 Å². The van der Waals surface area contributed by atoms with E-state index < -0.39 is 0 Å². The highest BCUT2D eigenvalue weighted by atomic mass is 16.5. The van der Waals surface area contributed by atoms with Gasteiger partial charge in [0.15, 0.2) is 6.29 Å². The summed E-state index contributed by atoms with van der Waals surface area (Å²) in [6.07, 6.45) is 9.55. The number of ether oxygens (including phenoxy) is 2. The van der Waals surface area contributed by atoms with E-state index in [1.165, 1.54) is 5.56 Å². The van der Waals surface area contributed by atoms with Crippen LogP contribution < -0.4 is 15.2 Å². The summed E-state index contributed by atoms with van der Waals surface area (Å²) < 4.78 is 13.0. The summed E-state index contributed by atoms with van der Waals surface area (Å²) in [6, 6.07) is 23.8. The Balaban J connectivity index is 0.000000221. The number of aromatic nitrogens is 3. The third-order valence-electron chi connectivity index (χ3n) is 8.74. The lowest BCUT2D eigenvalue weighted by Gasteiger charge is -2.33. The van der Waals surface area contributed by atoms with Crippen LogP contribution in [0.2, 0.25) is 0 Å². The number of carbonyl (C=O) groups is 2. The maximum atomic E-state index is 11.6. The molecule has 234 valence electrons. The zero-order valence-electron chi connectivity index (χ0n) is 26.1. The first-order valence-corrected chi connectivity index (χ1v) is 15.4. The number of piperidine rings is 1. The molecule has 0 spiro atoms. The molecule has 6 aromatic rings. The first kappa shape index (κ1) is 30.7. The number of benzene rings is 3. The van der Waals surface area contributed by atoms with Crippen molar-refractivity contribution in [2.24, 2.45) is 5.73 Å². The number of primary amides is 1. The van der Waals surface area contributed by atoms with E-state index in [-0.39, 0.29) is 5.91 Å². The molecule has 0 atom stereocenters. The molecule has 9 nitrogen and oxygen atoms in total. The topological polar surface area (TPSA) is 113 Å². The van der Waals surface area contributed by atoms with Crippen LogP contribution in [0.1, 0.15) is 45.2 Å². The number of nitrogens with two attached hydrogens (primary N) is 1. The van der Waals surface area contributed by atoms with Gasteiger partial charge in [0.25, 0.3) is 0 Å². The molecule has 7 rings (SSSR count). The number of pyridine rings is 2. The zero-order valence-corrected chi connectivity index (χ0v) is 26.1. The maximum absolute atomic E-state index is 11.6. The molecule has 3 aromatic carbocycles. The smallest absolute Gasteiger partial charge is 0.248 e. The average molecular weight is 616 g/mol. The molecular formula is C37H37N5O4. The Hall–Kier alpha value is -5.28. The predicted molar refractivity (Wildman–Crippen MR) is 181 cm³/mol. The number of rotatable bonds is 8. The number of methoxy groups -OCH3 is 2. The summed E-state index contributed by atoms with van der Waals surface area (Å²) >= 11 is 0. The van der Waals surface area contributed by atoms with Gasteiger partial charge in [-0.25, -0.2) is 0 Å². The second kappa shape index (κ2) is 13.8. The third-order valence-corrected chi connectivity index (χ3v) is 8.74. The van der Waals surface area contributed by atoms with Crippen molar-refractivity contribution in [2.75, 3.05) is 33.9 Å². The van der Waals surface area contributed by atoms with Gasteiger partial charge in [0.2, 0.25) is 5.91 Å². The number of aldehydes is 1. The van der Waals surface area contributed by atoms with E-state index in [2.05, 4.69) is 49.9 Å². The molecule has 0 aliphatic carbocycles. The van der Waals surface area contributed by atoms with Crippen molar-refractivity contribution in [1.29, 1.82) is 0 Å². The van der Waals surface area contributed by atoms with Crippen molar-refractivity contribution in [2.45, 2.75) is 25.3 Å². The molecule has 9 heteroatoms. The Morgan fingerprint density at radius 3 is 2.20 bits per heavy atom. The van der Waals surface area contributed by atoms with Crippen molar-refractivity contribution in [3.63, 3.8) is 0 Å². The molecule has 46 heavy (non-hydrogen) atoms. The first-order chi connectivity index (χ1) is 22.5. The van der Waals surface area contributed by atoms with Crippen molar-refractivity contribution in [1.82, 2.24) is 19.4 Å². The van der Waals surface area contributed by atoms with Gasteiger partial charge in [-0.2, -0.15) is 0 Å². The molecule has 1 aliphatic rings. The van der Waals surface area contributed by atoms with Crippen LogP contribution in [0, 0.1) is 0 Å². The van der Waals surface area contributed by atoms with Crippen molar-refractivity contribution in [3.05, 3.63) is 108 Å². The molecule has 0 bridgehead atoms. The van der Waals surface area contributed by atoms with Gasteiger partial charge in [0, 0.05) is 66.1 Å². The van der Waals surface area contributed by atoms with Gasteiger partial charge in [-0.15, -0.1) is 0 Å². The van der Waals surface area contributed by atoms with Gasteiger partial charge < -0.3 is 24.7 Å². The monoisotopic (exact) mass is 615 g/mol. The number of hydrogen-bond acceptors (Lipinski definition) is 7. The fourth-order valence-electron chi connectivity index (χ4n) is 6.23. The van der Waals surface area contributed by atoms with Crippen LogP contribution in [0.3, 0.4) is 0 Å². The molecular weight excluding hydrogens is 578 g/mol. The van der Waals surface area contributed by atoms with Crippen molar-refractivity contribution >= 4 is 44.9 Å². The molecule has 1 aliphatic heterocycles. The van der Waals surface area contributed by atoms with Crippen LogP contribution in [-0.2, 0) is 6.42 Å². The summed E-state index contributed by atoms with van der Waals surface area (Å²) in [6.45, 7) is 3.10. The Labute approximate surface area is 267 Å². The van der Waals surface area contributed by atoms with E-state index in [0.717, 1.165) is 83.6 Å². The summed E-state index contributed by atoms with van der Waals surface area (Å²) in [5.41, 5.74) is 10.7. The number of hydrogen-bond donors (Lipinski definition) is 1. The summed E-state index contributed by atoms with van der Waals surface area (Å²) in [4.78, 5) is 33.5. The van der Waals surface area contributed by atoms with E-state index in [0.29, 0.717) is 22.9 Å². The van der Waals surface area contributed by atoms with Crippen molar-refractivity contribution in [3.8, 4) is 11.5 Å². The van der Waals surface area contributed by atoms with Crippen molar-refractivity contribution < 1.29 is 19.1 Å². The minimum Gasteiger partial charge on any atom is -0.496 e. The standard InChI is InChI=1S/C26H28N4O2.C11H9NO2/c1-32-25-17-19-3-2-10-28-23(19)15-20(25)6-11-29-12-8-22(9-13-29)30-14-7-18-4-5-21(26(27)31)16-24(18)30;1-14-11-6-8-3-2-4-12-10(8)5-9(11)7-13/h2-5,7,10,14-17,22H,6,8-9,11-13H2,1H3,(H2,27,31);2-7H,1H3. The minimum absolute atomic E-state index is 0.381. The molecule has 1 fully saturated rings. The predicted octanol–water partition coefficient (Wildman–Crippen LogP) is 6.23. The second-order valence-electron chi connectivity index (χ2n) is 11.5. The molecule has 0 saturated carbocycles. The van der Waals surface area contributed by atoms with Gasteiger partial charge in [0.1, 0.15) is 11.5 Å². The van der Waals surface area contributed by atoms with Crippen LogP contribution in [0.25, 0.3) is 32.7 Å². The first-order valence-electron chi connectivity index (χ1n) is 15.4. The SMILES string of the molecule is COc1cc2cccnc2cc1C=O.COc1cc2cccnc2cc1CCN1CCC(n2ccc3ccc(C(N)=O)cc32)CC1. The normalized spacial score (nSPS) is 13.8. The fraction of sp³-hybridized carbons (Fsp3) is 0.243. The Morgan fingerprint density at radius 1 is 0.870 bits per heavy atom. The Kier molecular flexibility index (Phi) is 9.21. The lowest BCUT2D eigenvalue weighted by Crippen LogP contribution is -2.35. The lowest BCUT2D eigenvalue weighted by molar-refractivity contribution is 0.1000. The molecule has 2 N–H and O–H groups in total. The largest absolute Gasteiger partial charge is 0.496 e. The summed E-state index contributed by atoms with van der Waals surface area (Å²) in [5.74, 6) is 1.14. The molecule has 0 radical (unpaired) electrons.